The van der Waals surface area contributed by atoms with Crippen molar-refractivity contribution >= 4 is 23.0 Å². The lowest BCUT2D eigenvalue weighted by molar-refractivity contribution is 0.0763. The highest BCUT2D eigenvalue weighted by Gasteiger charge is 2.29. The van der Waals surface area contributed by atoms with E-state index in [-0.39, 0.29) is 17.5 Å². The van der Waals surface area contributed by atoms with E-state index < -0.39 is 0 Å². The van der Waals surface area contributed by atoms with Crippen molar-refractivity contribution in [3.8, 4) is 0 Å². The Morgan fingerprint density at radius 1 is 1.10 bits per heavy atom. The summed E-state index contributed by atoms with van der Waals surface area (Å²) in [6, 6.07) is 10.4. The minimum Gasteiger partial charge on any atom is -0.423 e. The van der Waals surface area contributed by atoms with E-state index in [4.69, 9.17) is 4.42 Å². The highest BCUT2D eigenvalue weighted by molar-refractivity contribution is 5.95. The lowest BCUT2D eigenvalue weighted by Crippen LogP contribution is -2.39. The average Bonchev–Trinajstić information content (AvgIpc) is 3.50. The summed E-state index contributed by atoms with van der Waals surface area (Å²) in [6.07, 6.45) is 4.65. The summed E-state index contributed by atoms with van der Waals surface area (Å²) in [6.45, 7) is 4.38. The maximum absolute atomic E-state index is 13.2. The van der Waals surface area contributed by atoms with Crippen LogP contribution < -0.4 is 10.5 Å². The molecule has 1 saturated carbocycles. The van der Waals surface area contributed by atoms with E-state index in [2.05, 4.69) is 9.88 Å². The van der Waals surface area contributed by atoms with E-state index in [0.29, 0.717) is 31.2 Å². The molecule has 2 fully saturated rings. The molecule has 150 valence electrons. The van der Waals surface area contributed by atoms with Gasteiger partial charge in [0.15, 0.2) is 5.58 Å². The van der Waals surface area contributed by atoms with Gasteiger partial charge in [-0.3, -0.25) is 9.59 Å². The first-order valence-corrected chi connectivity index (χ1v) is 10.2. The van der Waals surface area contributed by atoms with Gasteiger partial charge in [0.25, 0.3) is 17.5 Å². The number of para-hydroxylation sites is 2. The number of fused-ring (bicyclic) bond motifs is 1. The number of rotatable bonds is 3. The zero-order valence-corrected chi connectivity index (χ0v) is 16.5. The number of hydrogen-bond acceptors (Lipinski definition) is 5. The van der Waals surface area contributed by atoms with Crippen LogP contribution in [0.5, 0.6) is 0 Å². The van der Waals surface area contributed by atoms with Gasteiger partial charge < -0.3 is 18.8 Å². The van der Waals surface area contributed by atoms with Crippen molar-refractivity contribution in [3.63, 3.8) is 0 Å². The number of hydrogen-bond donors (Lipinski definition) is 0. The molecular formula is C22H24N4O3. The normalized spacial score (nSPS) is 17.6. The number of amides is 1. The number of aromatic nitrogens is 2. The Balaban J connectivity index is 1.36. The van der Waals surface area contributed by atoms with Crippen molar-refractivity contribution in [3.05, 3.63) is 58.0 Å². The molecule has 7 nitrogen and oxygen atoms in total. The number of carbonyl (C=O) groups is 1. The fraction of sp³-hybridized carbons (Fsp3) is 0.409. The van der Waals surface area contributed by atoms with E-state index in [9.17, 15) is 9.59 Å². The first-order valence-electron chi connectivity index (χ1n) is 10.2. The number of carbonyl (C=O) groups excluding carboxylic acids is 1. The SMILES string of the molecule is Cc1ccn(C2CC2)c(=O)c1C(=O)N1CCCN(c2nc3ccccc3o2)CC1. The molecule has 1 amide bonds. The topological polar surface area (TPSA) is 71.6 Å². The number of anilines is 1. The minimum absolute atomic E-state index is 0.155. The zero-order chi connectivity index (χ0) is 20.0. The van der Waals surface area contributed by atoms with Gasteiger partial charge >= 0.3 is 0 Å². The van der Waals surface area contributed by atoms with Gasteiger partial charge in [0.05, 0.1) is 0 Å². The number of oxazole rings is 1. The van der Waals surface area contributed by atoms with Gasteiger partial charge in [-0.2, -0.15) is 4.98 Å². The molecule has 2 aromatic heterocycles. The van der Waals surface area contributed by atoms with Crippen LogP contribution in [0.25, 0.3) is 11.1 Å². The Morgan fingerprint density at radius 2 is 1.93 bits per heavy atom. The second-order valence-corrected chi connectivity index (χ2v) is 7.91. The summed E-state index contributed by atoms with van der Waals surface area (Å²) >= 11 is 0. The Bertz CT molecular complexity index is 1100. The van der Waals surface area contributed by atoms with Crippen LogP contribution in [0.15, 0.2) is 45.7 Å². The van der Waals surface area contributed by atoms with E-state index >= 15 is 0 Å². The van der Waals surface area contributed by atoms with Crippen molar-refractivity contribution in [2.45, 2.75) is 32.2 Å². The fourth-order valence-corrected chi connectivity index (χ4v) is 4.01. The molecule has 1 aliphatic carbocycles. The molecule has 1 aromatic carbocycles. The van der Waals surface area contributed by atoms with Crippen molar-refractivity contribution in [1.82, 2.24) is 14.5 Å². The molecule has 2 aliphatic rings. The zero-order valence-electron chi connectivity index (χ0n) is 16.5. The van der Waals surface area contributed by atoms with E-state index in [0.717, 1.165) is 42.5 Å². The van der Waals surface area contributed by atoms with Crippen molar-refractivity contribution in [1.29, 1.82) is 0 Å². The molecule has 0 radical (unpaired) electrons. The second kappa shape index (κ2) is 7.06. The maximum Gasteiger partial charge on any atom is 0.298 e. The number of nitrogens with zero attached hydrogens (tertiary/aromatic N) is 4. The van der Waals surface area contributed by atoms with Crippen LogP contribution in [0, 0.1) is 6.92 Å². The van der Waals surface area contributed by atoms with Gasteiger partial charge in [-0.05, 0) is 49.9 Å². The summed E-state index contributed by atoms with van der Waals surface area (Å²) in [5.74, 6) is -0.165. The number of aryl methyl sites for hydroxylation is 1. The third kappa shape index (κ3) is 3.30. The molecule has 0 unspecified atom stereocenters. The molecule has 3 aromatic rings. The molecule has 1 aliphatic heterocycles. The standard InChI is InChI=1S/C22H24N4O3/c1-15-9-12-26(16-7-8-16)21(28)19(15)20(27)24-10-4-11-25(14-13-24)22-23-17-5-2-3-6-18(17)29-22/h2-3,5-6,9,12,16H,4,7-8,10-11,13-14H2,1H3. The van der Waals surface area contributed by atoms with E-state index in [1.807, 2.05) is 43.5 Å². The summed E-state index contributed by atoms with van der Waals surface area (Å²) in [5.41, 5.74) is 2.50. The minimum atomic E-state index is -0.165. The Hall–Kier alpha value is -3.09. The van der Waals surface area contributed by atoms with Crippen LogP contribution in [-0.4, -0.2) is 46.5 Å². The van der Waals surface area contributed by atoms with Crippen molar-refractivity contribution < 1.29 is 9.21 Å². The van der Waals surface area contributed by atoms with Crippen LogP contribution in [-0.2, 0) is 0 Å². The third-order valence-corrected chi connectivity index (χ3v) is 5.82. The highest BCUT2D eigenvalue weighted by Crippen LogP contribution is 2.33. The monoisotopic (exact) mass is 392 g/mol. The first-order chi connectivity index (χ1) is 14.1. The van der Waals surface area contributed by atoms with Gasteiger partial charge in [0.1, 0.15) is 11.1 Å². The first kappa shape index (κ1) is 18.0. The van der Waals surface area contributed by atoms with Gasteiger partial charge in [-0.25, -0.2) is 0 Å². The van der Waals surface area contributed by atoms with Gasteiger partial charge in [-0.15, -0.1) is 0 Å². The maximum atomic E-state index is 13.2. The fourth-order valence-electron chi connectivity index (χ4n) is 4.01. The van der Waals surface area contributed by atoms with Crippen LogP contribution in [0.2, 0.25) is 0 Å². The summed E-state index contributed by atoms with van der Waals surface area (Å²) < 4.78 is 7.61. The van der Waals surface area contributed by atoms with Crippen LogP contribution in [0.1, 0.15) is 41.2 Å². The second-order valence-electron chi connectivity index (χ2n) is 7.91. The molecule has 3 heterocycles. The van der Waals surface area contributed by atoms with Crippen molar-refractivity contribution in [2.24, 2.45) is 0 Å². The summed E-state index contributed by atoms with van der Waals surface area (Å²) in [7, 11) is 0. The Kier molecular flexibility index (Phi) is 4.38. The predicted octanol–water partition coefficient (Wildman–Crippen LogP) is 2.99. The molecule has 0 N–H and O–H groups in total. The highest BCUT2D eigenvalue weighted by atomic mass is 16.4. The van der Waals surface area contributed by atoms with Crippen LogP contribution >= 0.6 is 0 Å². The van der Waals surface area contributed by atoms with E-state index in [1.54, 1.807) is 9.47 Å². The summed E-state index contributed by atoms with van der Waals surface area (Å²) in [5, 5.41) is 0. The Morgan fingerprint density at radius 3 is 2.72 bits per heavy atom. The molecule has 0 spiro atoms. The van der Waals surface area contributed by atoms with Gasteiger partial charge in [-0.1, -0.05) is 12.1 Å². The lowest BCUT2D eigenvalue weighted by atomic mass is 10.1. The smallest absolute Gasteiger partial charge is 0.298 e. The Labute approximate surface area is 168 Å². The molecule has 7 heteroatoms. The number of benzene rings is 1. The van der Waals surface area contributed by atoms with Crippen molar-refractivity contribution in [2.75, 3.05) is 31.1 Å². The molecule has 0 bridgehead atoms. The van der Waals surface area contributed by atoms with E-state index in [1.165, 1.54) is 0 Å². The largest absolute Gasteiger partial charge is 0.423 e. The quantitative estimate of drug-likeness (QED) is 0.685. The average molecular weight is 392 g/mol. The predicted molar refractivity (Wildman–Crippen MR) is 110 cm³/mol. The molecule has 1 saturated heterocycles. The van der Waals surface area contributed by atoms with Crippen LogP contribution in [0.4, 0.5) is 6.01 Å². The van der Waals surface area contributed by atoms with Gasteiger partial charge in [0.2, 0.25) is 0 Å². The molecule has 0 atom stereocenters. The molecule has 29 heavy (non-hydrogen) atoms. The third-order valence-electron chi connectivity index (χ3n) is 5.82. The lowest BCUT2D eigenvalue weighted by Gasteiger charge is -2.22. The molecule has 5 rings (SSSR count). The number of pyridine rings is 1. The van der Waals surface area contributed by atoms with Gasteiger partial charge in [0, 0.05) is 38.4 Å². The molecular weight excluding hydrogens is 368 g/mol. The summed E-state index contributed by atoms with van der Waals surface area (Å²) in [4.78, 5) is 34.6. The van der Waals surface area contributed by atoms with Crippen LogP contribution in [0.3, 0.4) is 0 Å².